The number of hydrogen-bond acceptors (Lipinski definition) is 4. The second-order valence-corrected chi connectivity index (χ2v) is 5.22. The maximum Gasteiger partial charge on any atom is 0.257 e. The van der Waals surface area contributed by atoms with E-state index in [0.717, 1.165) is 17.1 Å². The number of hydrogen-bond donors (Lipinski definition) is 2. The van der Waals surface area contributed by atoms with Gasteiger partial charge in [-0.3, -0.25) is 9.78 Å². The first kappa shape index (κ1) is 14.8. The normalized spacial score (nSPS) is 10.5. The number of carbonyl (C=O) groups excluding carboxylic acids is 1. The Kier molecular flexibility index (Phi) is 3.80. The summed E-state index contributed by atoms with van der Waals surface area (Å²) in [5.41, 5.74) is 4.00. The van der Waals surface area contributed by atoms with Gasteiger partial charge in [-0.1, -0.05) is 0 Å². The van der Waals surface area contributed by atoms with Gasteiger partial charge in [-0.25, -0.2) is 4.98 Å². The number of rotatable bonds is 3. The van der Waals surface area contributed by atoms with Gasteiger partial charge in [0.15, 0.2) is 0 Å². The first-order valence-electron chi connectivity index (χ1n) is 7.11. The van der Waals surface area contributed by atoms with Crippen LogP contribution in [0.1, 0.15) is 21.7 Å². The van der Waals surface area contributed by atoms with Crippen molar-refractivity contribution in [2.24, 2.45) is 0 Å². The summed E-state index contributed by atoms with van der Waals surface area (Å²) in [5, 5.41) is 12.1. The van der Waals surface area contributed by atoms with Crippen LogP contribution in [0.25, 0.3) is 5.69 Å². The number of imidazole rings is 1. The highest BCUT2D eigenvalue weighted by atomic mass is 16.3. The highest BCUT2D eigenvalue weighted by molar-refractivity contribution is 6.04. The number of aryl methyl sites for hydroxylation is 1. The first-order valence-corrected chi connectivity index (χ1v) is 7.11. The van der Waals surface area contributed by atoms with E-state index in [1.807, 2.05) is 42.7 Å². The van der Waals surface area contributed by atoms with Gasteiger partial charge >= 0.3 is 0 Å². The van der Waals surface area contributed by atoms with Crippen molar-refractivity contribution in [2.75, 3.05) is 5.32 Å². The Morgan fingerprint density at radius 3 is 2.52 bits per heavy atom. The van der Waals surface area contributed by atoms with Gasteiger partial charge in [0.1, 0.15) is 5.75 Å². The number of nitrogens with zero attached hydrogens (tertiary/aromatic N) is 3. The van der Waals surface area contributed by atoms with Crippen LogP contribution in [0.5, 0.6) is 5.75 Å². The van der Waals surface area contributed by atoms with Crippen LogP contribution in [-0.4, -0.2) is 25.5 Å². The van der Waals surface area contributed by atoms with E-state index < -0.39 is 0 Å². The number of nitrogens with one attached hydrogen (secondary N) is 1. The van der Waals surface area contributed by atoms with Crippen LogP contribution in [0, 0.1) is 13.8 Å². The minimum atomic E-state index is -0.323. The molecule has 0 radical (unpaired) electrons. The standard InChI is InChI=1S/C17H16N4O2/c1-11-12(2)21(10-19-11)15-5-3-14(4-6-15)20-17(23)13-7-16(22)9-18-8-13/h3-10,22H,1-2H3,(H,20,23). The van der Waals surface area contributed by atoms with Crippen LogP contribution in [0.15, 0.2) is 49.1 Å². The zero-order valence-corrected chi connectivity index (χ0v) is 12.8. The molecule has 0 saturated carbocycles. The SMILES string of the molecule is Cc1ncn(-c2ccc(NC(=O)c3cncc(O)c3)cc2)c1C. The van der Waals surface area contributed by atoms with Crippen molar-refractivity contribution >= 4 is 11.6 Å². The third kappa shape index (κ3) is 3.06. The molecule has 1 amide bonds. The van der Waals surface area contributed by atoms with Gasteiger partial charge in [0.05, 0.1) is 23.8 Å². The molecule has 3 aromatic rings. The van der Waals surface area contributed by atoms with Gasteiger partial charge in [0.2, 0.25) is 0 Å². The van der Waals surface area contributed by atoms with Gasteiger partial charge < -0.3 is 15.0 Å². The fourth-order valence-electron chi connectivity index (χ4n) is 2.22. The average Bonchev–Trinajstić information content (AvgIpc) is 2.88. The lowest BCUT2D eigenvalue weighted by molar-refractivity contribution is 0.102. The van der Waals surface area contributed by atoms with Crippen molar-refractivity contribution in [2.45, 2.75) is 13.8 Å². The Hall–Kier alpha value is -3.15. The molecule has 0 bridgehead atoms. The second-order valence-electron chi connectivity index (χ2n) is 5.22. The molecule has 6 nitrogen and oxygen atoms in total. The Morgan fingerprint density at radius 1 is 1.17 bits per heavy atom. The summed E-state index contributed by atoms with van der Waals surface area (Å²) in [6.45, 7) is 3.97. The summed E-state index contributed by atoms with van der Waals surface area (Å²) in [7, 11) is 0. The van der Waals surface area contributed by atoms with Crippen molar-refractivity contribution in [1.29, 1.82) is 0 Å². The van der Waals surface area contributed by atoms with Crippen molar-refractivity contribution in [3.8, 4) is 11.4 Å². The summed E-state index contributed by atoms with van der Waals surface area (Å²) in [6, 6.07) is 8.82. The van der Waals surface area contributed by atoms with Crippen LogP contribution in [0.2, 0.25) is 0 Å². The monoisotopic (exact) mass is 308 g/mol. The quantitative estimate of drug-likeness (QED) is 0.779. The van der Waals surface area contributed by atoms with Crippen LogP contribution in [0.4, 0.5) is 5.69 Å². The van der Waals surface area contributed by atoms with E-state index in [0.29, 0.717) is 11.3 Å². The molecule has 6 heteroatoms. The topological polar surface area (TPSA) is 80.0 Å². The minimum Gasteiger partial charge on any atom is -0.506 e. The van der Waals surface area contributed by atoms with Crippen molar-refractivity contribution in [3.63, 3.8) is 0 Å². The fraction of sp³-hybridized carbons (Fsp3) is 0.118. The summed E-state index contributed by atoms with van der Waals surface area (Å²) >= 11 is 0. The Balaban J connectivity index is 1.78. The van der Waals surface area contributed by atoms with Gasteiger partial charge in [0.25, 0.3) is 5.91 Å². The van der Waals surface area contributed by atoms with Crippen molar-refractivity contribution < 1.29 is 9.90 Å². The summed E-state index contributed by atoms with van der Waals surface area (Å²) < 4.78 is 1.99. The predicted molar refractivity (Wildman–Crippen MR) is 86.9 cm³/mol. The first-order chi connectivity index (χ1) is 11.0. The number of anilines is 1. The van der Waals surface area contributed by atoms with Gasteiger partial charge in [-0.15, -0.1) is 0 Å². The van der Waals surface area contributed by atoms with Gasteiger partial charge in [-0.05, 0) is 44.2 Å². The van der Waals surface area contributed by atoms with E-state index in [-0.39, 0.29) is 11.7 Å². The summed E-state index contributed by atoms with van der Waals surface area (Å²) in [5.74, 6) is -0.366. The molecule has 0 aliphatic rings. The Morgan fingerprint density at radius 2 is 1.91 bits per heavy atom. The molecule has 1 aromatic carbocycles. The summed E-state index contributed by atoms with van der Waals surface area (Å²) in [4.78, 5) is 20.2. The molecular formula is C17H16N4O2. The second kappa shape index (κ2) is 5.92. The molecule has 23 heavy (non-hydrogen) atoms. The summed E-state index contributed by atoms with van der Waals surface area (Å²) in [6.07, 6.45) is 4.46. The van der Waals surface area contributed by atoms with Crippen LogP contribution >= 0.6 is 0 Å². The van der Waals surface area contributed by atoms with Crippen LogP contribution in [-0.2, 0) is 0 Å². The fourth-order valence-corrected chi connectivity index (χ4v) is 2.22. The predicted octanol–water partition coefficient (Wildman–Crippen LogP) is 2.84. The third-order valence-electron chi connectivity index (χ3n) is 3.64. The highest BCUT2D eigenvalue weighted by Crippen LogP contribution is 2.17. The zero-order chi connectivity index (χ0) is 16.4. The maximum absolute atomic E-state index is 12.1. The van der Waals surface area contributed by atoms with E-state index >= 15 is 0 Å². The molecule has 2 aromatic heterocycles. The third-order valence-corrected chi connectivity index (χ3v) is 3.64. The lowest BCUT2D eigenvalue weighted by Gasteiger charge is -2.08. The molecule has 2 N–H and O–H groups in total. The molecule has 0 fully saturated rings. The van der Waals surface area contributed by atoms with Gasteiger partial charge in [0, 0.05) is 23.3 Å². The molecule has 0 spiro atoms. The van der Waals surface area contributed by atoms with Crippen molar-refractivity contribution in [3.05, 3.63) is 66.0 Å². The smallest absolute Gasteiger partial charge is 0.257 e. The number of amides is 1. The van der Waals surface area contributed by atoms with E-state index in [9.17, 15) is 9.90 Å². The number of carbonyl (C=O) groups is 1. The van der Waals surface area contributed by atoms with Crippen LogP contribution in [0.3, 0.4) is 0 Å². The molecule has 0 aliphatic heterocycles. The lowest BCUT2D eigenvalue weighted by Crippen LogP contribution is -2.12. The van der Waals surface area contributed by atoms with E-state index in [2.05, 4.69) is 15.3 Å². The van der Waals surface area contributed by atoms with E-state index in [1.165, 1.54) is 18.5 Å². The number of aromatic hydroxyl groups is 1. The van der Waals surface area contributed by atoms with Gasteiger partial charge in [-0.2, -0.15) is 0 Å². The minimum absolute atomic E-state index is 0.0426. The number of aromatic nitrogens is 3. The maximum atomic E-state index is 12.1. The highest BCUT2D eigenvalue weighted by Gasteiger charge is 2.08. The molecule has 3 rings (SSSR count). The molecule has 0 atom stereocenters. The Bertz CT molecular complexity index is 853. The molecule has 0 aliphatic carbocycles. The lowest BCUT2D eigenvalue weighted by atomic mass is 10.2. The molecule has 116 valence electrons. The zero-order valence-electron chi connectivity index (χ0n) is 12.8. The van der Waals surface area contributed by atoms with Crippen LogP contribution < -0.4 is 5.32 Å². The van der Waals surface area contributed by atoms with E-state index in [4.69, 9.17) is 0 Å². The molecule has 0 unspecified atom stereocenters. The molecule has 2 heterocycles. The molecular weight excluding hydrogens is 292 g/mol. The van der Waals surface area contributed by atoms with Crippen molar-refractivity contribution in [1.82, 2.24) is 14.5 Å². The average molecular weight is 308 g/mol. The largest absolute Gasteiger partial charge is 0.506 e. The number of pyridine rings is 1. The number of benzene rings is 1. The Labute approximate surface area is 133 Å². The van der Waals surface area contributed by atoms with E-state index in [1.54, 1.807) is 6.33 Å². The molecule has 0 saturated heterocycles.